The van der Waals surface area contributed by atoms with E-state index < -0.39 is 0 Å². The van der Waals surface area contributed by atoms with Crippen molar-refractivity contribution in [1.29, 1.82) is 0 Å². The summed E-state index contributed by atoms with van der Waals surface area (Å²) in [7, 11) is 1.62. The molecule has 7 heteroatoms. The molecule has 3 aromatic rings. The summed E-state index contributed by atoms with van der Waals surface area (Å²) in [6.45, 7) is 5.85. The van der Waals surface area contributed by atoms with Crippen LogP contribution in [0.3, 0.4) is 0 Å². The molecule has 0 spiro atoms. The van der Waals surface area contributed by atoms with Crippen LogP contribution in [0, 0.1) is 0 Å². The van der Waals surface area contributed by atoms with Crippen LogP contribution in [-0.4, -0.2) is 48.5 Å². The van der Waals surface area contributed by atoms with Crippen molar-refractivity contribution in [3.8, 4) is 0 Å². The lowest BCUT2D eigenvalue weighted by atomic mass is 10.0. The standard InChI is InChI=1S/C28H35N3O4/c1-22(2)24-12-14-25(15-13-24)29-28(33)30(16-8-17-34-3)21-27(32)31(20-26-11-7-18-35-26)19-23-9-5-4-6-10-23/h4-7,9-15,18,22H,8,16-17,19-21H2,1-3H3,(H,29,33). The Hall–Kier alpha value is -3.58. The summed E-state index contributed by atoms with van der Waals surface area (Å²) in [5.74, 6) is 0.940. The predicted molar refractivity (Wildman–Crippen MR) is 137 cm³/mol. The number of amides is 3. The molecule has 1 N–H and O–H groups in total. The smallest absolute Gasteiger partial charge is 0.322 e. The van der Waals surface area contributed by atoms with Crippen LogP contribution in [0.1, 0.15) is 43.1 Å². The maximum Gasteiger partial charge on any atom is 0.322 e. The van der Waals surface area contributed by atoms with E-state index in [2.05, 4.69) is 19.2 Å². The maximum absolute atomic E-state index is 13.4. The van der Waals surface area contributed by atoms with E-state index in [1.807, 2.05) is 60.7 Å². The van der Waals surface area contributed by atoms with Gasteiger partial charge in [0.2, 0.25) is 5.91 Å². The highest BCUT2D eigenvalue weighted by Gasteiger charge is 2.22. The summed E-state index contributed by atoms with van der Waals surface area (Å²) in [5, 5.41) is 2.93. The van der Waals surface area contributed by atoms with Crippen molar-refractivity contribution in [1.82, 2.24) is 9.80 Å². The van der Waals surface area contributed by atoms with Crippen LogP contribution >= 0.6 is 0 Å². The molecule has 3 amide bonds. The lowest BCUT2D eigenvalue weighted by Gasteiger charge is -2.27. The minimum Gasteiger partial charge on any atom is -0.467 e. The van der Waals surface area contributed by atoms with Crippen LogP contribution in [0.2, 0.25) is 0 Å². The fraction of sp³-hybridized carbons (Fsp3) is 0.357. The minimum absolute atomic E-state index is 0.0484. The van der Waals surface area contributed by atoms with Gasteiger partial charge in [0, 0.05) is 32.5 Å². The lowest BCUT2D eigenvalue weighted by molar-refractivity contribution is -0.133. The number of nitrogens with one attached hydrogen (secondary N) is 1. The number of hydrogen-bond donors (Lipinski definition) is 1. The van der Waals surface area contributed by atoms with Gasteiger partial charge in [0.1, 0.15) is 12.3 Å². The largest absolute Gasteiger partial charge is 0.467 e. The molecule has 2 aromatic carbocycles. The van der Waals surface area contributed by atoms with Gasteiger partial charge in [-0.25, -0.2) is 4.79 Å². The quantitative estimate of drug-likeness (QED) is 0.350. The Balaban J connectivity index is 1.72. The Bertz CT molecular complexity index is 1030. The Morgan fingerprint density at radius 2 is 1.69 bits per heavy atom. The Labute approximate surface area is 207 Å². The average Bonchev–Trinajstić information content (AvgIpc) is 3.37. The molecule has 7 nitrogen and oxygen atoms in total. The summed E-state index contributed by atoms with van der Waals surface area (Å²) < 4.78 is 10.6. The number of anilines is 1. The topological polar surface area (TPSA) is 75.0 Å². The summed E-state index contributed by atoms with van der Waals surface area (Å²) in [6.07, 6.45) is 2.22. The lowest BCUT2D eigenvalue weighted by Crippen LogP contribution is -2.44. The molecule has 0 aliphatic rings. The molecule has 3 rings (SSSR count). The molecular formula is C28H35N3O4. The van der Waals surface area contributed by atoms with Crippen molar-refractivity contribution in [2.75, 3.05) is 32.1 Å². The van der Waals surface area contributed by atoms with E-state index in [4.69, 9.17) is 9.15 Å². The van der Waals surface area contributed by atoms with Gasteiger partial charge >= 0.3 is 6.03 Å². The SMILES string of the molecule is COCCCN(CC(=O)N(Cc1ccccc1)Cc1ccco1)C(=O)Nc1ccc(C(C)C)cc1. The van der Waals surface area contributed by atoms with Gasteiger partial charge in [-0.05, 0) is 47.7 Å². The third-order valence-electron chi connectivity index (χ3n) is 5.71. The summed E-state index contributed by atoms with van der Waals surface area (Å²) in [6, 6.07) is 20.9. The Kier molecular flexibility index (Phi) is 9.93. The van der Waals surface area contributed by atoms with Gasteiger partial charge < -0.3 is 24.3 Å². The highest BCUT2D eigenvalue weighted by molar-refractivity contribution is 5.92. The molecule has 0 saturated heterocycles. The van der Waals surface area contributed by atoms with Crippen molar-refractivity contribution < 1.29 is 18.7 Å². The molecule has 0 unspecified atom stereocenters. The Morgan fingerprint density at radius 1 is 0.943 bits per heavy atom. The van der Waals surface area contributed by atoms with Gasteiger partial charge in [0.25, 0.3) is 0 Å². The first-order valence-electron chi connectivity index (χ1n) is 11.9. The molecule has 0 fully saturated rings. The number of ether oxygens (including phenoxy) is 1. The molecule has 0 aliphatic heterocycles. The van der Waals surface area contributed by atoms with Gasteiger partial charge in [-0.3, -0.25) is 4.79 Å². The number of hydrogen-bond acceptors (Lipinski definition) is 4. The summed E-state index contributed by atoms with van der Waals surface area (Å²) in [5.41, 5.74) is 2.90. The second-order valence-corrected chi connectivity index (χ2v) is 8.79. The number of rotatable bonds is 12. The normalized spacial score (nSPS) is 10.9. The maximum atomic E-state index is 13.4. The second-order valence-electron chi connectivity index (χ2n) is 8.79. The van der Waals surface area contributed by atoms with E-state index in [1.54, 1.807) is 24.3 Å². The first kappa shape index (κ1) is 26.0. The van der Waals surface area contributed by atoms with Crippen LogP contribution < -0.4 is 5.32 Å². The van der Waals surface area contributed by atoms with E-state index in [1.165, 1.54) is 10.5 Å². The number of carbonyl (C=O) groups is 2. The van der Waals surface area contributed by atoms with Crippen molar-refractivity contribution >= 4 is 17.6 Å². The van der Waals surface area contributed by atoms with E-state index in [0.29, 0.717) is 50.0 Å². The third-order valence-corrected chi connectivity index (χ3v) is 5.71. The van der Waals surface area contributed by atoms with E-state index in [0.717, 1.165) is 5.56 Å². The zero-order valence-corrected chi connectivity index (χ0v) is 20.8. The monoisotopic (exact) mass is 477 g/mol. The zero-order chi connectivity index (χ0) is 25.0. The zero-order valence-electron chi connectivity index (χ0n) is 20.8. The van der Waals surface area contributed by atoms with Crippen LogP contribution in [0.25, 0.3) is 0 Å². The number of furan rings is 1. The molecule has 0 bridgehead atoms. The van der Waals surface area contributed by atoms with Crippen LogP contribution in [0.5, 0.6) is 0 Å². The van der Waals surface area contributed by atoms with Crippen molar-refractivity contribution in [2.24, 2.45) is 0 Å². The third kappa shape index (κ3) is 8.30. The van der Waals surface area contributed by atoms with Gasteiger partial charge in [0.05, 0.1) is 12.8 Å². The molecule has 0 atom stereocenters. The van der Waals surface area contributed by atoms with Crippen molar-refractivity contribution in [3.05, 3.63) is 89.9 Å². The molecule has 1 heterocycles. The first-order valence-corrected chi connectivity index (χ1v) is 11.9. The minimum atomic E-state index is -0.315. The fourth-order valence-electron chi connectivity index (χ4n) is 3.70. The van der Waals surface area contributed by atoms with E-state index in [-0.39, 0.29) is 18.5 Å². The van der Waals surface area contributed by atoms with Crippen molar-refractivity contribution in [3.63, 3.8) is 0 Å². The number of benzene rings is 2. The number of urea groups is 1. The number of nitrogens with zero attached hydrogens (tertiary/aromatic N) is 2. The van der Waals surface area contributed by atoms with Gasteiger partial charge in [-0.2, -0.15) is 0 Å². The van der Waals surface area contributed by atoms with Gasteiger partial charge in [-0.15, -0.1) is 0 Å². The highest BCUT2D eigenvalue weighted by Crippen LogP contribution is 2.18. The van der Waals surface area contributed by atoms with Crippen molar-refractivity contribution in [2.45, 2.75) is 39.3 Å². The molecule has 1 aromatic heterocycles. The molecule has 35 heavy (non-hydrogen) atoms. The molecule has 0 aliphatic carbocycles. The van der Waals surface area contributed by atoms with E-state index in [9.17, 15) is 9.59 Å². The Morgan fingerprint density at radius 3 is 2.31 bits per heavy atom. The van der Waals surface area contributed by atoms with Crippen LogP contribution in [0.4, 0.5) is 10.5 Å². The molecule has 186 valence electrons. The molecule has 0 saturated carbocycles. The average molecular weight is 478 g/mol. The first-order chi connectivity index (χ1) is 17.0. The fourth-order valence-corrected chi connectivity index (χ4v) is 3.70. The van der Waals surface area contributed by atoms with Gasteiger partial charge in [-0.1, -0.05) is 56.3 Å². The van der Waals surface area contributed by atoms with E-state index >= 15 is 0 Å². The predicted octanol–water partition coefficient (Wildman–Crippen LogP) is 5.50. The summed E-state index contributed by atoms with van der Waals surface area (Å²) >= 11 is 0. The highest BCUT2D eigenvalue weighted by atomic mass is 16.5. The second kappa shape index (κ2) is 13.3. The number of methoxy groups -OCH3 is 1. The van der Waals surface area contributed by atoms with Crippen LogP contribution in [-0.2, 0) is 22.6 Å². The van der Waals surface area contributed by atoms with Crippen LogP contribution in [0.15, 0.2) is 77.4 Å². The molecule has 0 radical (unpaired) electrons. The summed E-state index contributed by atoms with van der Waals surface area (Å²) in [4.78, 5) is 29.8. The number of carbonyl (C=O) groups excluding carboxylic acids is 2. The molecular weight excluding hydrogens is 442 g/mol. The van der Waals surface area contributed by atoms with Gasteiger partial charge in [0.15, 0.2) is 0 Å².